The third-order valence-electron chi connectivity index (χ3n) is 9.57. The Morgan fingerprint density at radius 3 is 1.50 bits per heavy atom. The third-order valence-corrected chi connectivity index (χ3v) is 10.2. The Morgan fingerprint density at radius 1 is 0.696 bits per heavy atom. The van der Waals surface area contributed by atoms with Crippen LogP contribution in [-0.2, 0) is 14.2 Å². The number of anilines is 2. The molecule has 0 unspecified atom stereocenters. The van der Waals surface area contributed by atoms with Crippen molar-refractivity contribution in [2.75, 3.05) is 69.5 Å². The van der Waals surface area contributed by atoms with E-state index in [1.165, 1.54) is 25.3 Å². The van der Waals surface area contributed by atoms with Crippen LogP contribution in [0.3, 0.4) is 0 Å². The molecule has 2 aliphatic rings. The number of carbonyl (C=O) groups excluding carboxylic acids is 1. The number of aryl methyl sites for hydroxylation is 2. The Hall–Kier alpha value is -5.28. The molecule has 1 N–H and O–H groups in total. The number of carboxylic acid groups (broad SMARTS) is 1. The maximum absolute atomic E-state index is 14.6. The summed E-state index contributed by atoms with van der Waals surface area (Å²) >= 11 is 12.6. The lowest BCUT2D eigenvalue weighted by atomic mass is 10.0. The van der Waals surface area contributed by atoms with Crippen LogP contribution in [0.25, 0.3) is 33.3 Å². The van der Waals surface area contributed by atoms with Gasteiger partial charge >= 0.3 is 11.9 Å². The summed E-state index contributed by atoms with van der Waals surface area (Å²) in [5.74, 6) is -1.30. The van der Waals surface area contributed by atoms with Gasteiger partial charge in [0.2, 0.25) is 0 Å². The minimum Gasteiger partial charge on any atom is -0.478 e. The van der Waals surface area contributed by atoms with Gasteiger partial charge in [0.15, 0.2) is 0 Å². The monoisotopic (exact) mass is 811 g/mol. The van der Waals surface area contributed by atoms with E-state index >= 15 is 0 Å². The number of methoxy groups -OCH3 is 1. The number of pyridine rings is 2. The number of nitrogens with zero attached hydrogens (tertiary/aromatic N) is 6. The number of rotatable bonds is 6. The molecule has 4 aromatic heterocycles. The van der Waals surface area contributed by atoms with Crippen LogP contribution < -0.4 is 9.80 Å². The van der Waals surface area contributed by atoms with Crippen molar-refractivity contribution in [2.45, 2.75) is 21.3 Å². The highest BCUT2D eigenvalue weighted by atomic mass is 35.5. The number of hydrogen-bond donors (Lipinski definition) is 1. The lowest BCUT2D eigenvalue weighted by Gasteiger charge is -2.30. The van der Waals surface area contributed by atoms with E-state index in [-0.39, 0.29) is 25.0 Å². The fraction of sp³-hybridized carbons (Fsp3) is 0.300. The van der Waals surface area contributed by atoms with Crippen LogP contribution in [0.5, 0.6) is 0 Å². The van der Waals surface area contributed by atoms with Gasteiger partial charge < -0.3 is 29.1 Å². The van der Waals surface area contributed by atoms with E-state index in [2.05, 4.69) is 10.2 Å². The number of aromatic nitrogens is 4. The van der Waals surface area contributed by atoms with Gasteiger partial charge in [-0.15, -0.1) is 0 Å². The predicted octanol–water partition coefficient (Wildman–Crippen LogP) is 8.24. The molecule has 6 heterocycles. The van der Waals surface area contributed by atoms with E-state index in [0.717, 1.165) is 0 Å². The summed E-state index contributed by atoms with van der Waals surface area (Å²) in [4.78, 5) is 28.1. The number of morpholine rings is 2. The first-order chi connectivity index (χ1) is 26.5. The quantitative estimate of drug-likeness (QED) is 0.165. The molecule has 16 heteroatoms. The lowest BCUT2D eigenvalue weighted by Crippen LogP contribution is -2.38. The second kappa shape index (κ2) is 16.8. The number of carboxylic acids is 1. The molecule has 8 rings (SSSR count). The first kappa shape index (κ1) is 40.4. The molecule has 0 aliphatic carbocycles. The highest BCUT2D eigenvalue weighted by Crippen LogP contribution is 2.39. The van der Waals surface area contributed by atoms with Gasteiger partial charge in [0, 0.05) is 49.9 Å². The van der Waals surface area contributed by atoms with Gasteiger partial charge in [-0.05, 0) is 62.4 Å². The number of halogens is 4. The summed E-state index contributed by atoms with van der Waals surface area (Å²) in [6, 6.07) is 15.7. The summed E-state index contributed by atoms with van der Waals surface area (Å²) in [6.07, 6.45) is 0. The number of hydrogen-bond acceptors (Lipinski definition) is 9. The number of fused-ring (bicyclic) bond motifs is 2. The molecule has 0 saturated carbocycles. The zero-order valence-electron chi connectivity index (χ0n) is 30.1. The van der Waals surface area contributed by atoms with Crippen LogP contribution in [0.1, 0.15) is 41.0 Å². The van der Waals surface area contributed by atoms with Gasteiger partial charge in [-0.1, -0.05) is 42.8 Å². The molecule has 0 atom stereocenters. The molecule has 12 nitrogen and oxygen atoms in total. The van der Waals surface area contributed by atoms with Crippen molar-refractivity contribution < 1.29 is 39.1 Å². The summed E-state index contributed by atoms with van der Waals surface area (Å²) in [5, 5.41) is 19.4. The molecule has 0 amide bonds. The number of ether oxygens (including phenoxy) is 3. The molecule has 296 valence electrons. The molecule has 0 bridgehead atoms. The maximum atomic E-state index is 14.6. The first-order valence-corrected chi connectivity index (χ1v) is 18.2. The highest BCUT2D eigenvalue weighted by molar-refractivity contribution is 6.34. The zero-order chi connectivity index (χ0) is 39.0. The van der Waals surface area contributed by atoms with Gasteiger partial charge in [0.25, 0.3) is 0 Å². The third kappa shape index (κ3) is 7.37. The van der Waals surface area contributed by atoms with E-state index in [4.69, 9.17) is 37.4 Å². The Kier molecular flexibility index (Phi) is 12.1. The molecular formula is C40H42Cl2F2N6O6. The van der Waals surface area contributed by atoms with Gasteiger partial charge in [0.05, 0.1) is 66.0 Å². The van der Waals surface area contributed by atoms with Crippen molar-refractivity contribution >= 4 is 57.8 Å². The Labute approximate surface area is 333 Å². The van der Waals surface area contributed by atoms with E-state index in [1.54, 1.807) is 65.3 Å². The Morgan fingerprint density at radius 2 is 1.11 bits per heavy atom. The fourth-order valence-electron chi connectivity index (χ4n) is 7.11. The number of carbonyl (C=O) groups is 2. The van der Waals surface area contributed by atoms with Crippen LogP contribution in [0.15, 0.2) is 60.7 Å². The highest BCUT2D eigenvalue weighted by Gasteiger charge is 2.28. The van der Waals surface area contributed by atoms with Gasteiger partial charge in [-0.2, -0.15) is 10.2 Å². The van der Waals surface area contributed by atoms with Crippen molar-refractivity contribution in [3.05, 3.63) is 105 Å². The molecule has 2 fully saturated rings. The average Bonchev–Trinajstić information content (AvgIpc) is 3.69. The Bertz CT molecular complexity index is 2410. The topological polar surface area (TPSA) is 123 Å². The molecule has 0 spiro atoms. The van der Waals surface area contributed by atoms with Crippen molar-refractivity contribution in [2.24, 2.45) is 0 Å². The van der Waals surface area contributed by atoms with Gasteiger partial charge in [-0.25, -0.2) is 27.4 Å². The normalized spacial score (nSPS) is 14.3. The molecule has 2 aliphatic heterocycles. The van der Waals surface area contributed by atoms with Crippen molar-refractivity contribution in [1.82, 2.24) is 19.2 Å². The summed E-state index contributed by atoms with van der Waals surface area (Å²) in [6.45, 7) is 7.97. The average molecular weight is 813 g/mol. The van der Waals surface area contributed by atoms with Crippen LogP contribution >= 0.6 is 23.2 Å². The Balaban J connectivity index is 0.000000210. The van der Waals surface area contributed by atoms with E-state index < -0.39 is 23.6 Å². The van der Waals surface area contributed by atoms with E-state index in [9.17, 15) is 23.5 Å². The molecular weight excluding hydrogens is 769 g/mol. The first-order valence-electron chi connectivity index (χ1n) is 17.4. The molecule has 2 saturated heterocycles. The number of aromatic carboxylic acids is 1. The molecule has 0 radical (unpaired) electrons. The SMILES string of the molecule is C.COC(=O)c1ccc2c(-c3c(F)cccc3Cl)c(C)nn2c1N1CCOCC1.Cc1nn2c(N3CCOCC3)c(C(=O)O)ccc2c1-c1c(F)cccc1Cl.[2HH]. The van der Waals surface area contributed by atoms with Crippen LogP contribution in [0, 0.1) is 25.5 Å². The lowest BCUT2D eigenvalue weighted by molar-refractivity contribution is 0.0598. The van der Waals surface area contributed by atoms with Crippen LogP contribution in [0.4, 0.5) is 20.4 Å². The van der Waals surface area contributed by atoms with Gasteiger partial charge in [-0.3, -0.25) is 0 Å². The van der Waals surface area contributed by atoms with Crippen molar-refractivity contribution in [3.8, 4) is 22.3 Å². The molecule has 2 aromatic carbocycles. The number of esters is 1. The predicted molar refractivity (Wildman–Crippen MR) is 214 cm³/mol. The second-order valence-corrected chi connectivity index (χ2v) is 13.7. The van der Waals surface area contributed by atoms with Crippen LogP contribution in [0.2, 0.25) is 10.0 Å². The van der Waals surface area contributed by atoms with Crippen LogP contribution in [-0.4, -0.2) is 96.0 Å². The summed E-state index contributed by atoms with van der Waals surface area (Å²) < 4.78 is 48.2. The minimum absolute atomic E-state index is 0. The molecule has 56 heavy (non-hydrogen) atoms. The van der Waals surface area contributed by atoms with E-state index in [0.29, 0.717) is 114 Å². The molecule has 6 aromatic rings. The van der Waals surface area contributed by atoms with E-state index in [1.807, 2.05) is 9.80 Å². The fourth-order valence-corrected chi connectivity index (χ4v) is 7.62. The maximum Gasteiger partial charge on any atom is 0.341 e. The van der Waals surface area contributed by atoms with Crippen molar-refractivity contribution in [3.63, 3.8) is 0 Å². The number of benzene rings is 2. The second-order valence-electron chi connectivity index (χ2n) is 12.8. The minimum atomic E-state index is -1.04. The summed E-state index contributed by atoms with van der Waals surface area (Å²) in [5.41, 5.74) is 4.72. The zero-order valence-corrected chi connectivity index (χ0v) is 31.6. The largest absolute Gasteiger partial charge is 0.478 e. The summed E-state index contributed by atoms with van der Waals surface area (Å²) in [7, 11) is 1.34. The standard InChI is InChI=1S/C20H19ClFN3O3.C19H17ClFN3O3.CH4.H2/c1-12-17(18-14(21)4-3-5-15(18)22)16-7-6-13(20(26)27-2)19(25(16)23-12)24-8-10-28-11-9-24;1-11-16(17-13(20)3-2-4-14(17)21)15-6-5-12(19(25)26)18(24(15)22-11)23-7-9-27-10-8-23;;/h3-7H,8-11H2,1-2H3;2-6H,7-10H2,1H3,(H,25,26);1H4;1H/i;;;1+1. The van der Waals surface area contributed by atoms with Crippen molar-refractivity contribution in [1.29, 1.82) is 0 Å². The van der Waals surface area contributed by atoms with Gasteiger partial charge in [0.1, 0.15) is 34.4 Å². The smallest absolute Gasteiger partial charge is 0.341 e.